The number of carbonyl (C=O) groups is 1. The number of nitrogens with zero attached hydrogens (tertiary/aromatic N) is 3. The van der Waals surface area contributed by atoms with E-state index < -0.39 is 0 Å². The predicted octanol–water partition coefficient (Wildman–Crippen LogP) is 4.95. The number of hydrogen-bond donors (Lipinski definition) is 2. The van der Waals surface area contributed by atoms with E-state index in [9.17, 15) is 4.79 Å². The third-order valence-corrected chi connectivity index (χ3v) is 6.95. The second kappa shape index (κ2) is 7.94. The van der Waals surface area contributed by atoms with Crippen molar-refractivity contribution in [3.05, 3.63) is 46.4 Å². The molecule has 4 heterocycles. The van der Waals surface area contributed by atoms with E-state index in [0.29, 0.717) is 0 Å². The van der Waals surface area contributed by atoms with Gasteiger partial charge in [0, 0.05) is 7.05 Å². The van der Waals surface area contributed by atoms with Crippen LogP contribution in [0.25, 0.3) is 21.1 Å². The number of amides is 1. The molecule has 0 spiro atoms. The zero-order chi connectivity index (χ0) is 19.7. The molecular formula is C19H19N5OS3. The maximum atomic E-state index is 12.4. The number of H-pyrrole nitrogens is 1. The molecule has 0 aromatic carbocycles. The Morgan fingerprint density at radius 1 is 1.21 bits per heavy atom. The zero-order valence-electron chi connectivity index (χ0n) is 15.6. The molecule has 0 atom stereocenters. The van der Waals surface area contributed by atoms with Gasteiger partial charge in [0.05, 0.1) is 38.3 Å². The second-order valence-electron chi connectivity index (χ2n) is 6.23. The topological polar surface area (TPSA) is 75.6 Å². The van der Waals surface area contributed by atoms with Crippen LogP contribution in [0.4, 0.5) is 5.69 Å². The summed E-state index contributed by atoms with van der Waals surface area (Å²) in [6, 6.07) is 8.18. The van der Waals surface area contributed by atoms with Crippen molar-refractivity contribution in [3.8, 4) is 21.1 Å². The monoisotopic (exact) mass is 429 g/mol. The number of carbonyl (C=O) groups excluding carboxylic acids is 1. The zero-order valence-corrected chi connectivity index (χ0v) is 18.1. The van der Waals surface area contributed by atoms with E-state index in [1.165, 1.54) is 11.8 Å². The maximum Gasteiger partial charge on any atom is 0.234 e. The van der Waals surface area contributed by atoms with Gasteiger partial charge in [-0.25, -0.2) is 4.98 Å². The van der Waals surface area contributed by atoms with Crippen LogP contribution in [0, 0.1) is 13.8 Å². The summed E-state index contributed by atoms with van der Waals surface area (Å²) in [6.07, 6.45) is 0. The molecule has 0 saturated carbocycles. The normalized spacial score (nSPS) is 11.1. The highest BCUT2D eigenvalue weighted by Crippen LogP contribution is 2.36. The molecule has 0 aliphatic heterocycles. The van der Waals surface area contributed by atoms with Crippen molar-refractivity contribution in [2.45, 2.75) is 19.0 Å². The fourth-order valence-corrected chi connectivity index (χ4v) is 4.99. The fraction of sp³-hybridized carbons (Fsp3) is 0.211. The van der Waals surface area contributed by atoms with Gasteiger partial charge in [-0.15, -0.1) is 22.7 Å². The molecule has 6 nitrogen and oxygen atoms in total. The van der Waals surface area contributed by atoms with Gasteiger partial charge in [0.25, 0.3) is 0 Å². The van der Waals surface area contributed by atoms with Gasteiger partial charge >= 0.3 is 0 Å². The van der Waals surface area contributed by atoms with Gasteiger partial charge in [-0.3, -0.25) is 9.48 Å². The molecule has 144 valence electrons. The first-order chi connectivity index (χ1) is 13.5. The minimum Gasteiger partial charge on any atom is -0.332 e. The van der Waals surface area contributed by atoms with E-state index in [2.05, 4.69) is 27.5 Å². The molecule has 0 bridgehead atoms. The van der Waals surface area contributed by atoms with E-state index >= 15 is 0 Å². The number of aryl methyl sites for hydroxylation is 2. The van der Waals surface area contributed by atoms with E-state index in [1.54, 1.807) is 27.4 Å². The molecule has 0 aliphatic carbocycles. The SMILES string of the molecule is Cc1nn(C)c(C)c1NC(=O)CSc1nc(-c2cccs2)c(-c2cccs2)[nH]1. The van der Waals surface area contributed by atoms with Crippen LogP contribution in [0.15, 0.2) is 40.2 Å². The Morgan fingerprint density at radius 2 is 1.93 bits per heavy atom. The van der Waals surface area contributed by atoms with Gasteiger partial charge in [0.15, 0.2) is 5.16 Å². The van der Waals surface area contributed by atoms with Crippen LogP contribution < -0.4 is 5.32 Å². The van der Waals surface area contributed by atoms with Gasteiger partial charge in [0.1, 0.15) is 5.69 Å². The summed E-state index contributed by atoms with van der Waals surface area (Å²) in [5, 5.41) is 12.1. The summed E-state index contributed by atoms with van der Waals surface area (Å²) in [5.41, 5.74) is 4.47. The lowest BCUT2D eigenvalue weighted by Gasteiger charge is -2.04. The van der Waals surface area contributed by atoms with Crippen LogP contribution in [0.2, 0.25) is 0 Å². The molecular weight excluding hydrogens is 410 g/mol. The number of aromatic amines is 1. The van der Waals surface area contributed by atoms with Crippen molar-refractivity contribution in [1.29, 1.82) is 0 Å². The average molecular weight is 430 g/mol. The molecule has 0 fully saturated rings. The third-order valence-electron chi connectivity index (χ3n) is 4.32. The van der Waals surface area contributed by atoms with Crippen LogP contribution in [0.3, 0.4) is 0 Å². The standard InChI is InChI=1S/C19H19N5OS3/c1-11-16(12(2)24(3)23-11)20-15(25)10-28-19-21-17(13-6-4-8-26-13)18(22-19)14-7-5-9-27-14/h4-9H,10H2,1-3H3,(H,20,25)(H,21,22). The Labute approximate surface area is 175 Å². The summed E-state index contributed by atoms with van der Waals surface area (Å²) < 4.78 is 1.77. The highest BCUT2D eigenvalue weighted by molar-refractivity contribution is 7.99. The van der Waals surface area contributed by atoms with Crippen molar-refractivity contribution >= 4 is 46.0 Å². The fourth-order valence-electron chi connectivity index (χ4n) is 2.87. The summed E-state index contributed by atoms with van der Waals surface area (Å²) in [4.78, 5) is 22.8. The van der Waals surface area contributed by atoms with E-state index in [1.807, 2.05) is 43.8 Å². The first-order valence-electron chi connectivity index (χ1n) is 8.63. The molecule has 28 heavy (non-hydrogen) atoms. The van der Waals surface area contributed by atoms with E-state index in [0.717, 1.165) is 43.4 Å². The van der Waals surface area contributed by atoms with E-state index in [-0.39, 0.29) is 11.7 Å². The molecule has 1 amide bonds. The van der Waals surface area contributed by atoms with Gasteiger partial charge < -0.3 is 10.3 Å². The van der Waals surface area contributed by atoms with Crippen molar-refractivity contribution in [1.82, 2.24) is 19.7 Å². The quantitative estimate of drug-likeness (QED) is 0.425. The van der Waals surface area contributed by atoms with Crippen molar-refractivity contribution in [2.75, 3.05) is 11.1 Å². The van der Waals surface area contributed by atoms with Crippen LogP contribution >= 0.6 is 34.4 Å². The average Bonchev–Trinajstić information content (AvgIpc) is 3.45. The van der Waals surface area contributed by atoms with Crippen molar-refractivity contribution < 1.29 is 4.79 Å². The van der Waals surface area contributed by atoms with Crippen LogP contribution in [-0.4, -0.2) is 31.4 Å². The number of rotatable bonds is 6. The van der Waals surface area contributed by atoms with Gasteiger partial charge in [-0.2, -0.15) is 5.10 Å². The minimum absolute atomic E-state index is 0.0732. The lowest BCUT2D eigenvalue weighted by molar-refractivity contribution is -0.113. The number of aromatic nitrogens is 4. The Morgan fingerprint density at radius 3 is 2.54 bits per heavy atom. The van der Waals surface area contributed by atoms with Gasteiger partial charge in [-0.1, -0.05) is 23.9 Å². The predicted molar refractivity (Wildman–Crippen MR) is 117 cm³/mol. The highest BCUT2D eigenvalue weighted by Gasteiger charge is 2.18. The third kappa shape index (κ3) is 3.78. The van der Waals surface area contributed by atoms with Gasteiger partial charge in [-0.05, 0) is 36.7 Å². The molecule has 9 heteroatoms. The number of hydrogen-bond acceptors (Lipinski definition) is 6. The molecule has 4 aromatic rings. The van der Waals surface area contributed by atoms with Crippen LogP contribution in [0.1, 0.15) is 11.4 Å². The number of thioether (sulfide) groups is 1. The number of thiophene rings is 2. The highest BCUT2D eigenvalue weighted by atomic mass is 32.2. The molecule has 2 N–H and O–H groups in total. The first-order valence-corrected chi connectivity index (χ1v) is 11.4. The summed E-state index contributed by atoms with van der Waals surface area (Å²) in [5.74, 6) is 0.200. The molecule has 0 saturated heterocycles. The summed E-state index contributed by atoms with van der Waals surface area (Å²) in [7, 11) is 1.87. The molecule has 4 aromatic heterocycles. The van der Waals surface area contributed by atoms with E-state index in [4.69, 9.17) is 4.98 Å². The minimum atomic E-state index is -0.0732. The van der Waals surface area contributed by atoms with Gasteiger partial charge in [0.2, 0.25) is 5.91 Å². The van der Waals surface area contributed by atoms with Crippen molar-refractivity contribution in [2.24, 2.45) is 7.05 Å². The van der Waals surface area contributed by atoms with Crippen LogP contribution in [0.5, 0.6) is 0 Å². The first kappa shape index (κ1) is 19.0. The number of imidazole rings is 1. The Bertz CT molecular complexity index is 1040. The number of anilines is 1. The lowest BCUT2D eigenvalue weighted by atomic mass is 10.2. The van der Waals surface area contributed by atoms with Crippen LogP contribution in [-0.2, 0) is 11.8 Å². The molecule has 4 rings (SSSR count). The molecule has 0 radical (unpaired) electrons. The Kier molecular flexibility index (Phi) is 5.38. The molecule has 0 aliphatic rings. The smallest absolute Gasteiger partial charge is 0.234 e. The summed E-state index contributed by atoms with van der Waals surface area (Å²) >= 11 is 4.72. The largest absolute Gasteiger partial charge is 0.332 e. The van der Waals surface area contributed by atoms with Crippen molar-refractivity contribution in [3.63, 3.8) is 0 Å². The summed E-state index contributed by atoms with van der Waals surface area (Å²) in [6.45, 7) is 3.83. The maximum absolute atomic E-state index is 12.4. The Balaban J connectivity index is 1.51. The molecule has 0 unspecified atom stereocenters. The lowest BCUT2D eigenvalue weighted by Crippen LogP contribution is -2.15. The Hall–Kier alpha value is -2.36. The second-order valence-corrected chi connectivity index (χ2v) is 9.09. The number of nitrogens with one attached hydrogen (secondary N) is 2.